The Hall–Kier alpha value is -2.25. The second-order valence-corrected chi connectivity index (χ2v) is 5.73. The normalized spacial score (nSPS) is 18.3. The second kappa shape index (κ2) is 7.55. The van der Waals surface area contributed by atoms with Crippen molar-refractivity contribution < 1.29 is 32.6 Å². The Morgan fingerprint density at radius 1 is 1.33 bits per heavy atom. The number of hydrogen-bond acceptors (Lipinski definition) is 3. The maximum Gasteiger partial charge on any atom is 0.393 e. The topological polar surface area (TPSA) is 66.8 Å². The first kappa shape index (κ1) is 18.1. The minimum Gasteiger partial charge on any atom is -0.484 e. The first-order chi connectivity index (χ1) is 11.3. The molecule has 1 aromatic rings. The maximum atomic E-state index is 12.8. The Bertz CT molecular complexity index is 603. The van der Waals surface area contributed by atoms with Crippen LogP contribution < -0.4 is 4.74 Å². The number of rotatable bonds is 5. The lowest BCUT2D eigenvalue weighted by molar-refractivity contribution is -0.188. The molecule has 2 rings (SSSR count). The van der Waals surface area contributed by atoms with Gasteiger partial charge in [-0.2, -0.15) is 13.2 Å². The van der Waals surface area contributed by atoms with Gasteiger partial charge in [0.25, 0.3) is 5.91 Å². The van der Waals surface area contributed by atoms with Crippen molar-refractivity contribution in [3.05, 3.63) is 29.8 Å². The highest BCUT2D eigenvalue weighted by Gasteiger charge is 2.42. The Morgan fingerprint density at radius 2 is 2.08 bits per heavy atom. The summed E-state index contributed by atoms with van der Waals surface area (Å²) in [7, 11) is 0. The van der Waals surface area contributed by atoms with Crippen molar-refractivity contribution in [3.8, 4) is 5.75 Å². The van der Waals surface area contributed by atoms with Crippen LogP contribution in [0.5, 0.6) is 5.75 Å². The predicted molar refractivity (Wildman–Crippen MR) is 78.6 cm³/mol. The zero-order valence-electron chi connectivity index (χ0n) is 12.9. The first-order valence-electron chi connectivity index (χ1n) is 7.53. The summed E-state index contributed by atoms with van der Waals surface area (Å²) in [5.74, 6) is -2.68. The van der Waals surface area contributed by atoms with Gasteiger partial charge >= 0.3 is 12.1 Å². The quantitative estimate of drug-likeness (QED) is 0.890. The number of halogens is 3. The summed E-state index contributed by atoms with van der Waals surface area (Å²) in [6, 6.07) is 6.27. The first-order valence-corrected chi connectivity index (χ1v) is 7.53. The van der Waals surface area contributed by atoms with Gasteiger partial charge < -0.3 is 14.7 Å². The molecule has 1 aliphatic rings. The zero-order valence-corrected chi connectivity index (χ0v) is 12.9. The number of alkyl halides is 3. The second-order valence-electron chi connectivity index (χ2n) is 5.73. The molecule has 0 radical (unpaired) electrons. The van der Waals surface area contributed by atoms with Crippen LogP contribution in [0.15, 0.2) is 24.3 Å². The molecule has 1 atom stereocenters. The number of hydrogen-bond donors (Lipinski definition) is 1. The summed E-state index contributed by atoms with van der Waals surface area (Å²) in [5.41, 5.74) is 0.516. The fourth-order valence-corrected chi connectivity index (χ4v) is 2.63. The van der Waals surface area contributed by atoms with Gasteiger partial charge in [0.1, 0.15) is 5.75 Å². The van der Waals surface area contributed by atoms with Crippen molar-refractivity contribution in [2.24, 2.45) is 5.92 Å². The van der Waals surface area contributed by atoms with Crippen molar-refractivity contribution in [2.45, 2.75) is 25.4 Å². The van der Waals surface area contributed by atoms with Crippen molar-refractivity contribution in [3.63, 3.8) is 0 Å². The molecule has 1 unspecified atom stereocenters. The van der Waals surface area contributed by atoms with Gasteiger partial charge in [-0.15, -0.1) is 0 Å². The smallest absolute Gasteiger partial charge is 0.393 e. The largest absolute Gasteiger partial charge is 0.484 e. The molecule has 1 fully saturated rings. The van der Waals surface area contributed by atoms with Gasteiger partial charge in [0.05, 0.1) is 12.3 Å². The van der Waals surface area contributed by atoms with E-state index in [1.54, 1.807) is 18.2 Å². The summed E-state index contributed by atoms with van der Waals surface area (Å²) >= 11 is 0. The van der Waals surface area contributed by atoms with E-state index in [1.165, 1.54) is 11.0 Å². The maximum absolute atomic E-state index is 12.8. The van der Waals surface area contributed by atoms with E-state index in [1.807, 2.05) is 0 Å². The van der Waals surface area contributed by atoms with Crippen LogP contribution in [-0.2, 0) is 16.0 Å². The van der Waals surface area contributed by atoms with Crippen LogP contribution in [0.4, 0.5) is 13.2 Å². The van der Waals surface area contributed by atoms with Crippen LogP contribution in [0.1, 0.15) is 18.4 Å². The van der Waals surface area contributed by atoms with Gasteiger partial charge in [-0.05, 0) is 30.5 Å². The van der Waals surface area contributed by atoms with Crippen LogP contribution in [-0.4, -0.2) is 47.8 Å². The van der Waals surface area contributed by atoms with Crippen molar-refractivity contribution in [1.82, 2.24) is 4.90 Å². The lowest BCUT2D eigenvalue weighted by atomic mass is 9.97. The molecule has 1 aromatic carbocycles. The van der Waals surface area contributed by atoms with Crippen LogP contribution in [0.2, 0.25) is 0 Å². The third-order valence-electron chi connectivity index (χ3n) is 3.85. The van der Waals surface area contributed by atoms with Crippen molar-refractivity contribution in [2.75, 3.05) is 19.7 Å². The van der Waals surface area contributed by atoms with Gasteiger partial charge in [0, 0.05) is 13.1 Å². The summed E-state index contributed by atoms with van der Waals surface area (Å²) in [6.07, 6.45) is -4.13. The molecule has 0 aliphatic carbocycles. The van der Waals surface area contributed by atoms with E-state index in [9.17, 15) is 22.8 Å². The third-order valence-corrected chi connectivity index (χ3v) is 3.85. The molecule has 1 aliphatic heterocycles. The summed E-state index contributed by atoms with van der Waals surface area (Å²) in [6.45, 7) is -0.431. The number of piperidine rings is 1. The number of carbonyl (C=O) groups excluding carboxylic acids is 1. The SMILES string of the molecule is O=C(O)Cc1cccc(OCC(=O)N2CCCC(C(F)(F)F)C2)c1. The number of carboxylic acid groups (broad SMARTS) is 1. The van der Waals surface area contributed by atoms with E-state index >= 15 is 0 Å². The lowest BCUT2D eigenvalue weighted by Gasteiger charge is -2.33. The predicted octanol–water partition coefficient (Wildman–Crippen LogP) is 2.49. The highest BCUT2D eigenvalue weighted by molar-refractivity contribution is 5.78. The van der Waals surface area contributed by atoms with Gasteiger partial charge in [0.2, 0.25) is 0 Å². The van der Waals surface area contributed by atoms with Crippen LogP contribution in [0.3, 0.4) is 0 Å². The van der Waals surface area contributed by atoms with E-state index in [0.717, 1.165) is 0 Å². The molecule has 1 saturated heterocycles. The molecule has 0 spiro atoms. The Labute approximate surface area is 137 Å². The van der Waals surface area contributed by atoms with Crippen LogP contribution in [0.25, 0.3) is 0 Å². The minimum absolute atomic E-state index is 0.0331. The Morgan fingerprint density at radius 3 is 2.75 bits per heavy atom. The third kappa shape index (κ3) is 5.14. The fraction of sp³-hybridized carbons (Fsp3) is 0.500. The molecule has 1 amide bonds. The van der Waals surface area contributed by atoms with Gasteiger partial charge in [-0.25, -0.2) is 0 Å². The van der Waals surface area contributed by atoms with Gasteiger partial charge in [-0.1, -0.05) is 12.1 Å². The molecule has 0 aromatic heterocycles. The van der Waals surface area contributed by atoms with E-state index in [-0.39, 0.29) is 32.5 Å². The van der Waals surface area contributed by atoms with Crippen molar-refractivity contribution >= 4 is 11.9 Å². The molecule has 132 valence electrons. The molecule has 24 heavy (non-hydrogen) atoms. The molecular formula is C16H18F3NO4. The summed E-state index contributed by atoms with van der Waals surface area (Å²) < 4.78 is 43.6. The number of ether oxygens (including phenoxy) is 1. The van der Waals surface area contributed by atoms with E-state index in [0.29, 0.717) is 17.7 Å². The average Bonchev–Trinajstić information content (AvgIpc) is 2.51. The molecule has 0 saturated carbocycles. The zero-order chi connectivity index (χ0) is 17.7. The van der Waals surface area contributed by atoms with Crippen molar-refractivity contribution in [1.29, 1.82) is 0 Å². The highest BCUT2D eigenvalue weighted by atomic mass is 19.4. The fourth-order valence-electron chi connectivity index (χ4n) is 2.63. The monoisotopic (exact) mass is 345 g/mol. The lowest BCUT2D eigenvalue weighted by Crippen LogP contribution is -2.46. The molecule has 0 bridgehead atoms. The van der Waals surface area contributed by atoms with E-state index < -0.39 is 24.0 Å². The van der Waals surface area contributed by atoms with E-state index in [4.69, 9.17) is 9.84 Å². The minimum atomic E-state index is -4.30. The molecule has 1 N–H and O–H groups in total. The molecule has 5 nitrogen and oxygen atoms in total. The molecule has 1 heterocycles. The standard InChI is InChI=1S/C16H18F3NO4/c17-16(18,19)12-4-2-6-20(9-12)14(21)10-24-13-5-1-3-11(7-13)8-15(22)23/h1,3,5,7,12H,2,4,6,8-10H2,(H,22,23). The summed E-state index contributed by atoms with van der Waals surface area (Å²) in [4.78, 5) is 23.9. The summed E-state index contributed by atoms with van der Waals surface area (Å²) in [5, 5.41) is 8.74. The number of benzene rings is 1. The molecule has 8 heteroatoms. The van der Waals surface area contributed by atoms with Gasteiger partial charge in [0.15, 0.2) is 6.61 Å². The number of likely N-dealkylation sites (tertiary alicyclic amines) is 1. The van der Waals surface area contributed by atoms with E-state index in [2.05, 4.69) is 0 Å². The van der Waals surface area contributed by atoms with Gasteiger partial charge in [-0.3, -0.25) is 9.59 Å². The number of carboxylic acids is 1. The highest BCUT2D eigenvalue weighted by Crippen LogP contribution is 2.33. The average molecular weight is 345 g/mol. The molecular weight excluding hydrogens is 327 g/mol. The number of amides is 1. The Balaban J connectivity index is 1.90. The Kier molecular flexibility index (Phi) is 5.69. The van der Waals surface area contributed by atoms with Crippen LogP contribution >= 0.6 is 0 Å². The number of aliphatic carboxylic acids is 1. The number of carbonyl (C=O) groups is 2. The van der Waals surface area contributed by atoms with Crippen LogP contribution in [0, 0.1) is 5.92 Å². The number of nitrogens with zero attached hydrogens (tertiary/aromatic N) is 1.